The molecule has 0 saturated heterocycles. The molecule has 0 spiro atoms. The summed E-state index contributed by atoms with van der Waals surface area (Å²) in [6.07, 6.45) is 1.48. The van der Waals surface area contributed by atoms with Crippen LogP contribution in [0.15, 0.2) is 36.5 Å². The average Bonchev–Trinajstić information content (AvgIpc) is 2.48. The summed E-state index contributed by atoms with van der Waals surface area (Å²) in [5.74, 6) is -0.547. The molecule has 0 unspecified atom stereocenters. The molecule has 0 atom stereocenters. The Morgan fingerprint density at radius 1 is 1.24 bits per heavy atom. The van der Waals surface area contributed by atoms with Crippen molar-refractivity contribution in [2.24, 2.45) is 0 Å². The maximum Gasteiger partial charge on any atom is 0.337 e. The lowest BCUT2D eigenvalue weighted by Crippen LogP contribution is -2.37. The van der Waals surface area contributed by atoms with Crippen LogP contribution in [-0.2, 0) is 0 Å². The Balaban J connectivity index is 2.12. The number of anilines is 4. The Morgan fingerprint density at radius 2 is 1.95 bits per heavy atom. The van der Waals surface area contributed by atoms with Gasteiger partial charge in [-0.3, -0.25) is 0 Å². The molecule has 1 aromatic heterocycles. The number of fused-ring (bicyclic) bond motifs is 1. The van der Waals surface area contributed by atoms with Gasteiger partial charge >= 0.3 is 5.97 Å². The van der Waals surface area contributed by atoms with E-state index in [1.165, 1.54) is 12.3 Å². The van der Waals surface area contributed by atoms with Gasteiger partial charge in [0.25, 0.3) is 0 Å². The van der Waals surface area contributed by atoms with E-state index in [4.69, 9.17) is 5.73 Å². The van der Waals surface area contributed by atoms with Crippen LogP contribution in [0.4, 0.5) is 22.9 Å². The highest BCUT2D eigenvalue weighted by atomic mass is 16.4. The molecule has 0 aliphatic carbocycles. The van der Waals surface area contributed by atoms with Crippen molar-refractivity contribution >= 4 is 28.8 Å². The molecule has 3 N–H and O–H groups in total. The van der Waals surface area contributed by atoms with Gasteiger partial charge in [0.15, 0.2) is 5.82 Å². The van der Waals surface area contributed by atoms with E-state index >= 15 is 0 Å². The quantitative estimate of drug-likeness (QED) is 0.877. The van der Waals surface area contributed by atoms with Crippen LogP contribution in [0.1, 0.15) is 10.4 Å². The second-order valence-corrected chi connectivity index (χ2v) is 4.96. The Bertz CT molecular complexity index is 702. The normalized spacial score (nSPS) is 14.0. The molecule has 0 bridgehead atoms. The van der Waals surface area contributed by atoms with E-state index < -0.39 is 5.97 Å². The molecule has 2 heterocycles. The van der Waals surface area contributed by atoms with Gasteiger partial charge in [-0.25, -0.2) is 9.78 Å². The van der Waals surface area contributed by atoms with Gasteiger partial charge in [0.05, 0.1) is 22.6 Å². The molecular weight excluding hydrogens is 268 g/mol. The highest BCUT2D eigenvalue weighted by Gasteiger charge is 2.25. The minimum Gasteiger partial charge on any atom is -0.478 e. The van der Waals surface area contributed by atoms with Crippen LogP contribution < -0.4 is 15.5 Å². The SMILES string of the molecule is CN1CCN(c2nccc(C(=O)O)c2N)c2ccccc21. The fourth-order valence-corrected chi connectivity index (χ4v) is 2.59. The summed E-state index contributed by atoms with van der Waals surface area (Å²) in [7, 11) is 2.03. The molecule has 1 aromatic carbocycles. The third-order valence-electron chi connectivity index (χ3n) is 3.70. The molecule has 108 valence electrons. The summed E-state index contributed by atoms with van der Waals surface area (Å²) < 4.78 is 0. The molecule has 0 fully saturated rings. The second-order valence-electron chi connectivity index (χ2n) is 4.96. The Hall–Kier alpha value is -2.76. The summed E-state index contributed by atoms with van der Waals surface area (Å²) >= 11 is 0. The molecule has 0 amide bonds. The van der Waals surface area contributed by atoms with E-state index in [-0.39, 0.29) is 11.3 Å². The fraction of sp³-hybridized carbons (Fsp3) is 0.200. The predicted octanol–water partition coefficient (Wildman–Crippen LogP) is 1.95. The van der Waals surface area contributed by atoms with Gasteiger partial charge in [0.1, 0.15) is 0 Å². The Kier molecular flexibility index (Phi) is 3.13. The van der Waals surface area contributed by atoms with Crippen LogP contribution >= 0.6 is 0 Å². The van der Waals surface area contributed by atoms with Crippen molar-refractivity contribution < 1.29 is 9.90 Å². The van der Waals surface area contributed by atoms with Crippen LogP contribution in [0.3, 0.4) is 0 Å². The number of carbonyl (C=O) groups is 1. The number of hydrogen-bond acceptors (Lipinski definition) is 5. The molecule has 21 heavy (non-hydrogen) atoms. The van der Waals surface area contributed by atoms with Gasteiger partial charge in [0, 0.05) is 26.3 Å². The van der Waals surface area contributed by atoms with E-state index in [1.807, 2.05) is 36.2 Å². The molecule has 2 aromatic rings. The van der Waals surface area contributed by atoms with Crippen molar-refractivity contribution in [3.05, 3.63) is 42.1 Å². The lowest BCUT2D eigenvalue weighted by atomic mass is 10.1. The van der Waals surface area contributed by atoms with E-state index in [1.54, 1.807) is 0 Å². The maximum absolute atomic E-state index is 11.2. The van der Waals surface area contributed by atoms with Gasteiger partial charge in [0.2, 0.25) is 0 Å². The van der Waals surface area contributed by atoms with Crippen molar-refractivity contribution in [3.8, 4) is 0 Å². The summed E-state index contributed by atoms with van der Waals surface area (Å²) in [5, 5.41) is 9.19. The topological polar surface area (TPSA) is 82.7 Å². The summed E-state index contributed by atoms with van der Waals surface area (Å²) in [6.45, 7) is 1.52. The van der Waals surface area contributed by atoms with Crippen LogP contribution in [0.25, 0.3) is 0 Å². The smallest absolute Gasteiger partial charge is 0.337 e. The molecule has 0 saturated carbocycles. The molecule has 3 rings (SSSR count). The molecule has 1 aliphatic heterocycles. The van der Waals surface area contributed by atoms with E-state index in [0.29, 0.717) is 12.4 Å². The maximum atomic E-state index is 11.2. The number of nitrogens with zero attached hydrogens (tertiary/aromatic N) is 3. The average molecular weight is 284 g/mol. The van der Waals surface area contributed by atoms with Gasteiger partial charge in [-0.2, -0.15) is 0 Å². The number of aromatic carboxylic acids is 1. The van der Waals surface area contributed by atoms with Crippen molar-refractivity contribution in [1.29, 1.82) is 0 Å². The minimum absolute atomic E-state index is 0.0800. The minimum atomic E-state index is -1.04. The Labute approximate surface area is 122 Å². The molecular formula is C15H16N4O2. The van der Waals surface area contributed by atoms with Gasteiger partial charge in [-0.1, -0.05) is 12.1 Å². The highest BCUT2D eigenvalue weighted by molar-refractivity contribution is 5.97. The molecule has 1 aliphatic rings. The number of carboxylic acid groups (broad SMARTS) is 1. The summed E-state index contributed by atoms with van der Waals surface area (Å²) in [5.41, 5.74) is 8.34. The lowest BCUT2D eigenvalue weighted by molar-refractivity contribution is 0.0698. The zero-order chi connectivity index (χ0) is 15.0. The summed E-state index contributed by atoms with van der Waals surface area (Å²) in [4.78, 5) is 19.6. The number of nitrogens with two attached hydrogens (primary N) is 1. The number of nitrogen functional groups attached to an aromatic ring is 1. The van der Waals surface area contributed by atoms with Gasteiger partial charge in [-0.15, -0.1) is 0 Å². The first-order chi connectivity index (χ1) is 10.1. The molecule has 6 heteroatoms. The van der Waals surface area contributed by atoms with Crippen LogP contribution in [0.5, 0.6) is 0 Å². The van der Waals surface area contributed by atoms with Crippen molar-refractivity contribution in [2.75, 3.05) is 35.7 Å². The van der Waals surface area contributed by atoms with Crippen LogP contribution in [-0.4, -0.2) is 36.2 Å². The zero-order valence-electron chi connectivity index (χ0n) is 11.7. The zero-order valence-corrected chi connectivity index (χ0v) is 11.7. The van der Waals surface area contributed by atoms with Crippen molar-refractivity contribution in [2.45, 2.75) is 0 Å². The van der Waals surface area contributed by atoms with Crippen LogP contribution in [0.2, 0.25) is 0 Å². The van der Waals surface area contributed by atoms with Gasteiger partial charge < -0.3 is 20.6 Å². The number of likely N-dealkylation sites (N-methyl/N-ethyl adjacent to an activating group) is 1. The van der Waals surface area contributed by atoms with Crippen molar-refractivity contribution in [1.82, 2.24) is 4.98 Å². The Morgan fingerprint density at radius 3 is 2.67 bits per heavy atom. The van der Waals surface area contributed by atoms with E-state index in [0.717, 1.165) is 17.9 Å². The number of pyridine rings is 1. The van der Waals surface area contributed by atoms with Gasteiger partial charge in [-0.05, 0) is 18.2 Å². The number of carboxylic acids is 1. The summed E-state index contributed by atoms with van der Waals surface area (Å²) in [6, 6.07) is 9.35. The fourth-order valence-electron chi connectivity index (χ4n) is 2.59. The first-order valence-electron chi connectivity index (χ1n) is 6.65. The lowest BCUT2D eigenvalue weighted by Gasteiger charge is -2.36. The third kappa shape index (κ3) is 2.14. The molecule has 6 nitrogen and oxygen atoms in total. The van der Waals surface area contributed by atoms with E-state index in [2.05, 4.69) is 9.88 Å². The number of aromatic nitrogens is 1. The first-order valence-corrected chi connectivity index (χ1v) is 6.65. The third-order valence-corrected chi connectivity index (χ3v) is 3.70. The number of hydrogen-bond donors (Lipinski definition) is 2. The van der Waals surface area contributed by atoms with Crippen molar-refractivity contribution in [3.63, 3.8) is 0 Å². The largest absolute Gasteiger partial charge is 0.478 e. The molecule has 0 radical (unpaired) electrons. The standard InChI is InChI=1S/C15H16N4O2/c1-18-8-9-19(12-5-3-2-4-11(12)18)14-13(16)10(15(20)21)6-7-17-14/h2-7H,8-9,16H2,1H3,(H,20,21). The highest BCUT2D eigenvalue weighted by Crippen LogP contribution is 2.38. The second kappa shape index (κ2) is 4.97. The number of rotatable bonds is 2. The van der Waals surface area contributed by atoms with Crippen LogP contribution in [0, 0.1) is 0 Å². The monoisotopic (exact) mass is 284 g/mol. The predicted molar refractivity (Wildman–Crippen MR) is 82.3 cm³/mol. The first kappa shape index (κ1) is 13.2. The number of benzene rings is 1. The number of para-hydroxylation sites is 2. The van der Waals surface area contributed by atoms with E-state index in [9.17, 15) is 9.90 Å².